The normalized spacial score (nSPS) is 10.1. The molecule has 0 radical (unpaired) electrons. The first-order valence-electron chi connectivity index (χ1n) is 6.13. The fraction of sp³-hybridized carbons (Fsp3) is 0.385. The topological polar surface area (TPSA) is 79.5 Å². The second kappa shape index (κ2) is 9.00. The minimum absolute atomic E-state index is 0.00489. The van der Waals surface area contributed by atoms with Crippen molar-refractivity contribution in [2.75, 3.05) is 38.7 Å². The van der Waals surface area contributed by atoms with Crippen LogP contribution in [-0.2, 0) is 14.3 Å². The zero-order valence-corrected chi connectivity index (χ0v) is 11.2. The summed E-state index contributed by atoms with van der Waals surface area (Å²) in [5, 5.41) is 7.89. The molecule has 0 bridgehead atoms. The molecule has 7 heteroatoms. The molecule has 6 nitrogen and oxygen atoms in total. The highest BCUT2D eigenvalue weighted by molar-refractivity contribution is 5.92. The van der Waals surface area contributed by atoms with E-state index in [1.165, 1.54) is 24.3 Å². The summed E-state index contributed by atoms with van der Waals surface area (Å²) in [6, 6.07) is 5.44. The summed E-state index contributed by atoms with van der Waals surface area (Å²) in [6.45, 7) is 0.908. The average Bonchev–Trinajstić information content (AvgIpc) is 2.42. The Labute approximate surface area is 116 Å². The molecule has 0 atom stereocenters. The second-order valence-corrected chi connectivity index (χ2v) is 4.00. The molecule has 0 heterocycles. The number of carbonyl (C=O) groups is 2. The lowest BCUT2D eigenvalue weighted by Crippen LogP contribution is -2.38. The molecule has 0 saturated carbocycles. The van der Waals surface area contributed by atoms with Crippen LogP contribution in [0.1, 0.15) is 0 Å². The van der Waals surface area contributed by atoms with Gasteiger partial charge in [0.15, 0.2) is 0 Å². The summed E-state index contributed by atoms with van der Waals surface area (Å²) in [7, 11) is 1.55. The van der Waals surface area contributed by atoms with Gasteiger partial charge in [0, 0.05) is 19.3 Å². The van der Waals surface area contributed by atoms with Gasteiger partial charge in [0.2, 0.25) is 11.8 Å². The van der Waals surface area contributed by atoms with Crippen LogP contribution in [0, 0.1) is 5.82 Å². The van der Waals surface area contributed by atoms with Crippen LogP contribution in [0.4, 0.5) is 10.1 Å². The summed E-state index contributed by atoms with van der Waals surface area (Å²) in [4.78, 5) is 22.8. The van der Waals surface area contributed by atoms with Crippen LogP contribution in [0.5, 0.6) is 0 Å². The number of rotatable bonds is 8. The average molecular weight is 283 g/mol. The first-order valence-corrected chi connectivity index (χ1v) is 6.13. The van der Waals surface area contributed by atoms with Gasteiger partial charge in [0.05, 0.1) is 19.7 Å². The van der Waals surface area contributed by atoms with E-state index in [-0.39, 0.29) is 30.7 Å². The number of hydrogen-bond acceptors (Lipinski definition) is 4. The van der Waals surface area contributed by atoms with Crippen LogP contribution >= 0.6 is 0 Å². The van der Waals surface area contributed by atoms with Crippen molar-refractivity contribution in [2.45, 2.75) is 0 Å². The van der Waals surface area contributed by atoms with Crippen molar-refractivity contribution in [1.29, 1.82) is 0 Å². The molecule has 0 aliphatic heterocycles. The van der Waals surface area contributed by atoms with Gasteiger partial charge in [0.25, 0.3) is 0 Å². The quantitative estimate of drug-likeness (QED) is 0.592. The van der Waals surface area contributed by atoms with Crippen molar-refractivity contribution >= 4 is 17.5 Å². The van der Waals surface area contributed by atoms with Gasteiger partial charge in [0.1, 0.15) is 5.82 Å². The zero-order valence-electron chi connectivity index (χ0n) is 11.2. The van der Waals surface area contributed by atoms with E-state index in [0.29, 0.717) is 18.8 Å². The fourth-order valence-electron chi connectivity index (χ4n) is 1.38. The predicted octanol–water partition coefficient (Wildman–Crippen LogP) is 0.116. The summed E-state index contributed by atoms with van der Waals surface area (Å²) in [5.74, 6) is -0.883. The van der Waals surface area contributed by atoms with Crippen molar-refractivity contribution in [3.05, 3.63) is 30.1 Å². The molecule has 0 aliphatic rings. The Hall–Kier alpha value is -1.99. The summed E-state index contributed by atoms with van der Waals surface area (Å²) < 4.78 is 17.4. The maximum atomic E-state index is 12.7. The largest absolute Gasteiger partial charge is 0.383 e. The van der Waals surface area contributed by atoms with Gasteiger partial charge in [-0.25, -0.2) is 4.39 Å². The summed E-state index contributed by atoms with van der Waals surface area (Å²) >= 11 is 0. The predicted molar refractivity (Wildman–Crippen MR) is 72.8 cm³/mol. The molecule has 0 saturated heterocycles. The second-order valence-electron chi connectivity index (χ2n) is 4.00. The van der Waals surface area contributed by atoms with E-state index in [9.17, 15) is 14.0 Å². The molecule has 1 aromatic carbocycles. The molecule has 1 aromatic rings. The van der Waals surface area contributed by atoms with E-state index in [1.54, 1.807) is 7.11 Å². The Morgan fingerprint density at radius 2 is 1.80 bits per heavy atom. The number of carbonyl (C=O) groups excluding carboxylic acids is 2. The maximum Gasteiger partial charge on any atom is 0.238 e. The van der Waals surface area contributed by atoms with Crippen molar-refractivity contribution in [1.82, 2.24) is 10.6 Å². The fourth-order valence-corrected chi connectivity index (χ4v) is 1.38. The number of methoxy groups -OCH3 is 1. The molecule has 3 N–H and O–H groups in total. The molecule has 2 amide bonds. The Morgan fingerprint density at radius 3 is 2.45 bits per heavy atom. The van der Waals surface area contributed by atoms with E-state index < -0.39 is 0 Å². The van der Waals surface area contributed by atoms with Crippen LogP contribution in [0.3, 0.4) is 0 Å². The Bertz CT molecular complexity index is 437. The zero-order chi connectivity index (χ0) is 14.8. The third kappa shape index (κ3) is 6.81. The highest BCUT2D eigenvalue weighted by atomic mass is 19.1. The number of hydrogen-bond donors (Lipinski definition) is 3. The number of halogens is 1. The summed E-state index contributed by atoms with van der Waals surface area (Å²) in [6.07, 6.45) is 0. The number of amides is 2. The van der Waals surface area contributed by atoms with Crippen molar-refractivity contribution < 1.29 is 18.7 Å². The van der Waals surface area contributed by atoms with Crippen molar-refractivity contribution in [2.24, 2.45) is 0 Å². The van der Waals surface area contributed by atoms with Crippen molar-refractivity contribution in [3.8, 4) is 0 Å². The number of anilines is 1. The Balaban J connectivity index is 2.17. The van der Waals surface area contributed by atoms with Gasteiger partial charge < -0.3 is 15.4 Å². The van der Waals surface area contributed by atoms with E-state index in [2.05, 4.69) is 16.0 Å². The van der Waals surface area contributed by atoms with Gasteiger partial charge >= 0.3 is 0 Å². The highest BCUT2D eigenvalue weighted by Gasteiger charge is 2.04. The minimum Gasteiger partial charge on any atom is -0.383 e. The Kier molecular flexibility index (Phi) is 7.23. The molecule has 0 spiro atoms. The molecule has 20 heavy (non-hydrogen) atoms. The number of benzene rings is 1. The smallest absolute Gasteiger partial charge is 0.238 e. The molecule has 0 aliphatic carbocycles. The van der Waals surface area contributed by atoms with Gasteiger partial charge in [-0.05, 0) is 24.3 Å². The van der Waals surface area contributed by atoms with E-state index in [4.69, 9.17) is 4.74 Å². The monoisotopic (exact) mass is 283 g/mol. The van der Waals surface area contributed by atoms with Gasteiger partial charge in [-0.1, -0.05) is 0 Å². The number of nitrogens with one attached hydrogen (secondary N) is 3. The molecular weight excluding hydrogens is 265 g/mol. The molecule has 0 aromatic heterocycles. The van der Waals surface area contributed by atoms with Gasteiger partial charge in [-0.3, -0.25) is 14.9 Å². The first kappa shape index (κ1) is 16.1. The molecule has 0 unspecified atom stereocenters. The lowest BCUT2D eigenvalue weighted by atomic mass is 10.3. The van der Waals surface area contributed by atoms with E-state index >= 15 is 0 Å². The Morgan fingerprint density at radius 1 is 1.15 bits per heavy atom. The van der Waals surface area contributed by atoms with Crippen LogP contribution in [0.2, 0.25) is 0 Å². The van der Waals surface area contributed by atoms with Crippen LogP contribution < -0.4 is 16.0 Å². The van der Waals surface area contributed by atoms with Crippen LogP contribution in [-0.4, -0.2) is 45.2 Å². The lowest BCUT2D eigenvalue weighted by molar-refractivity contribution is -0.120. The van der Waals surface area contributed by atoms with E-state index in [1.807, 2.05) is 0 Å². The minimum atomic E-state index is -0.367. The standard InChI is InChI=1S/C13H18FN3O3/c1-20-7-6-16-12(18)8-15-9-13(19)17-11-4-2-10(14)3-5-11/h2-5,15H,6-9H2,1H3,(H,16,18)(H,17,19). The first-order chi connectivity index (χ1) is 9.61. The summed E-state index contributed by atoms with van der Waals surface area (Å²) in [5.41, 5.74) is 0.503. The third-order valence-corrected chi connectivity index (χ3v) is 2.33. The van der Waals surface area contributed by atoms with Crippen LogP contribution in [0.25, 0.3) is 0 Å². The maximum absolute atomic E-state index is 12.7. The molecule has 0 fully saturated rings. The number of ether oxygens (including phenoxy) is 1. The molecule has 110 valence electrons. The van der Waals surface area contributed by atoms with E-state index in [0.717, 1.165) is 0 Å². The SMILES string of the molecule is COCCNC(=O)CNCC(=O)Nc1ccc(F)cc1. The third-order valence-electron chi connectivity index (χ3n) is 2.33. The van der Waals surface area contributed by atoms with Gasteiger partial charge in [-0.15, -0.1) is 0 Å². The van der Waals surface area contributed by atoms with Gasteiger partial charge in [-0.2, -0.15) is 0 Å². The highest BCUT2D eigenvalue weighted by Crippen LogP contribution is 2.07. The molecular formula is C13H18FN3O3. The molecule has 1 rings (SSSR count). The van der Waals surface area contributed by atoms with Crippen LogP contribution in [0.15, 0.2) is 24.3 Å². The van der Waals surface area contributed by atoms with Crippen molar-refractivity contribution in [3.63, 3.8) is 0 Å². The lowest BCUT2D eigenvalue weighted by Gasteiger charge is -2.07.